The van der Waals surface area contributed by atoms with Gasteiger partial charge in [-0.2, -0.15) is 0 Å². The van der Waals surface area contributed by atoms with Crippen LogP contribution in [0.2, 0.25) is 0 Å². The summed E-state index contributed by atoms with van der Waals surface area (Å²) in [6.07, 6.45) is 0.733. The molecular weight excluding hydrogens is 512 g/mol. The average molecular weight is 545 g/mol. The number of rotatable bonds is 8. The molecule has 0 spiro atoms. The Labute approximate surface area is 231 Å². The number of hydrogen-bond acceptors (Lipinski definition) is 8. The van der Waals surface area contributed by atoms with Gasteiger partial charge in [-0.05, 0) is 35.6 Å². The molecule has 1 atom stereocenters. The van der Waals surface area contributed by atoms with Crippen LogP contribution in [0.15, 0.2) is 57.7 Å². The lowest BCUT2D eigenvalue weighted by molar-refractivity contribution is 0.0353. The minimum Gasteiger partial charge on any atom is -0.493 e. The lowest BCUT2D eigenvalue weighted by Crippen LogP contribution is -2.38. The molecule has 3 aromatic carbocycles. The molecule has 1 amide bonds. The van der Waals surface area contributed by atoms with Crippen molar-refractivity contribution in [3.63, 3.8) is 0 Å². The van der Waals surface area contributed by atoms with Gasteiger partial charge in [-0.3, -0.25) is 14.5 Å². The number of carbonyl (C=O) groups is 1. The smallest absolute Gasteiger partial charge is 0.290 e. The topological polar surface area (TPSA) is 90.7 Å². The second-order valence-electron chi connectivity index (χ2n) is 10.0. The first-order valence-electron chi connectivity index (χ1n) is 13.4. The highest BCUT2D eigenvalue weighted by Gasteiger charge is 2.43. The summed E-state index contributed by atoms with van der Waals surface area (Å²) < 4.78 is 28.6. The van der Waals surface area contributed by atoms with Crippen molar-refractivity contribution in [1.29, 1.82) is 0 Å². The van der Waals surface area contributed by atoms with Crippen LogP contribution in [0.4, 0.5) is 0 Å². The second kappa shape index (κ2) is 10.8. The van der Waals surface area contributed by atoms with Crippen LogP contribution in [0.1, 0.15) is 34.1 Å². The van der Waals surface area contributed by atoms with Gasteiger partial charge in [-0.25, -0.2) is 0 Å². The predicted molar refractivity (Wildman–Crippen MR) is 151 cm³/mol. The van der Waals surface area contributed by atoms with E-state index in [1.807, 2.05) is 30.3 Å². The number of methoxy groups -OCH3 is 3. The zero-order valence-corrected chi connectivity index (χ0v) is 22.9. The molecule has 1 aromatic heterocycles. The number of hydrogen-bond donors (Lipinski definition) is 0. The maximum atomic E-state index is 14.1. The number of carbonyl (C=O) groups excluding carboxylic acids is 1. The van der Waals surface area contributed by atoms with Gasteiger partial charge in [-0.1, -0.05) is 30.3 Å². The van der Waals surface area contributed by atoms with Crippen LogP contribution in [-0.4, -0.2) is 76.4 Å². The Morgan fingerprint density at radius 2 is 1.60 bits per heavy atom. The summed E-state index contributed by atoms with van der Waals surface area (Å²) in [6, 6.07) is 14.3. The van der Waals surface area contributed by atoms with Gasteiger partial charge in [-0.15, -0.1) is 0 Å². The SMILES string of the molecule is COc1cc(C2c3c(oc4c(ccc5ccccc54)c3=O)C(=O)N2CCCN2CCOCC2)cc(OC)c1OC. The first kappa shape index (κ1) is 26.2. The maximum absolute atomic E-state index is 14.1. The Hall–Kier alpha value is -4.08. The normalized spacial score (nSPS) is 17.4. The van der Waals surface area contributed by atoms with Gasteiger partial charge in [0.25, 0.3) is 5.91 Å². The van der Waals surface area contributed by atoms with Gasteiger partial charge >= 0.3 is 0 Å². The van der Waals surface area contributed by atoms with Crippen LogP contribution in [0, 0.1) is 0 Å². The van der Waals surface area contributed by atoms with Crippen LogP contribution in [0.5, 0.6) is 17.2 Å². The molecule has 6 rings (SSSR count). The lowest BCUT2D eigenvalue weighted by atomic mass is 9.96. The molecule has 1 saturated heterocycles. The van der Waals surface area contributed by atoms with Gasteiger partial charge in [0.05, 0.1) is 51.5 Å². The van der Waals surface area contributed by atoms with Crippen LogP contribution >= 0.6 is 0 Å². The highest BCUT2D eigenvalue weighted by molar-refractivity contribution is 6.06. The number of benzene rings is 3. The van der Waals surface area contributed by atoms with E-state index in [0.717, 1.165) is 36.8 Å². The molecule has 1 unspecified atom stereocenters. The maximum Gasteiger partial charge on any atom is 0.290 e. The minimum absolute atomic E-state index is 0.0824. The molecule has 9 heteroatoms. The number of fused-ring (bicyclic) bond motifs is 4. The molecule has 0 aliphatic carbocycles. The highest BCUT2D eigenvalue weighted by atomic mass is 16.5. The van der Waals surface area contributed by atoms with E-state index >= 15 is 0 Å². The highest BCUT2D eigenvalue weighted by Crippen LogP contribution is 2.45. The number of amides is 1. The molecule has 3 heterocycles. The summed E-state index contributed by atoms with van der Waals surface area (Å²) in [4.78, 5) is 32.2. The quantitative estimate of drug-likeness (QED) is 0.304. The Morgan fingerprint density at radius 3 is 2.30 bits per heavy atom. The Balaban J connectivity index is 1.50. The Kier molecular flexibility index (Phi) is 7.08. The third-order valence-electron chi connectivity index (χ3n) is 7.84. The van der Waals surface area contributed by atoms with Crippen LogP contribution < -0.4 is 19.6 Å². The summed E-state index contributed by atoms with van der Waals surface area (Å²) >= 11 is 0. The Morgan fingerprint density at radius 1 is 0.875 bits per heavy atom. The van der Waals surface area contributed by atoms with E-state index in [4.69, 9.17) is 23.4 Å². The first-order valence-corrected chi connectivity index (χ1v) is 13.4. The van der Waals surface area contributed by atoms with E-state index < -0.39 is 6.04 Å². The van der Waals surface area contributed by atoms with Crippen molar-refractivity contribution >= 4 is 27.6 Å². The molecule has 9 nitrogen and oxygen atoms in total. The number of nitrogens with zero attached hydrogens (tertiary/aromatic N) is 2. The summed E-state index contributed by atoms with van der Waals surface area (Å²) in [5.41, 5.74) is 1.22. The van der Waals surface area contributed by atoms with Gasteiger partial charge in [0.2, 0.25) is 11.5 Å². The monoisotopic (exact) mass is 544 g/mol. The van der Waals surface area contributed by atoms with Crippen molar-refractivity contribution in [3.8, 4) is 17.2 Å². The van der Waals surface area contributed by atoms with E-state index in [1.165, 1.54) is 7.11 Å². The molecule has 0 N–H and O–H groups in total. The second-order valence-corrected chi connectivity index (χ2v) is 10.0. The summed E-state index contributed by atoms with van der Waals surface area (Å²) in [6.45, 7) is 4.41. The fourth-order valence-electron chi connectivity index (χ4n) is 5.87. The van der Waals surface area contributed by atoms with Crippen LogP contribution in [0.25, 0.3) is 21.7 Å². The molecule has 0 radical (unpaired) electrons. The molecule has 208 valence electrons. The van der Waals surface area contributed by atoms with Crippen molar-refractivity contribution < 1.29 is 28.2 Å². The van der Waals surface area contributed by atoms with Crippen molar-refractivity contribution in [2.45, 2.75) is 12.5 Å². The largest absolute Gasteiger partial charge is 0.493 e. The van der Waals surface area contributed by atoms with E-state index in [2.05, 4.69) is 4.90 Å². The van der Waals surface area contributed by atoms with E-state index in [9.17, 15) is 9.59 Å². The molecule has 2 aliphatic rings. The van der Waals surface area contributed by atoms with E-state index in [1.54, 1.807) is 37.3 Å². The fraction of sp³-hybridized carbons (Fsp3) is 0.355. The van der Waals surface area contributed by atoms with Gasteiger partial charge in [0.1, 0.15) is 5.58 Å². The molecular formula is C31H32N2O7. The third kappa shape index (κ3) is 4.35. The Bertz CT molecular complexity index is 1620. The third-order valence-corrected chi connectivity index (χ3v) is 7.84. The van der Waals surface area contributed by atoms with E-state index in [0.29, 0.717) is 59.1 Å². The molecule has 0 saturated carbocycles. The molecule has 40 heavy (non-hydrogen) atoms. The summed E-state index contributed by atoms with van der Waals surface area (Å²) in [7, 11) is 4.63. The van der Waals surface area contributed by atoms with E-state index in [-0.39, 0.29) is 17.1 Å². The number of ether oxygens (including phenoxy) is 4. The molecule has 4 aromatic rings. The predicted octanol–water partition coefficient (Wildman–Crippen LogP) is 4.24. The van der Waals surface area contributed by atoms with Gasteiger partial charge in [0, 0.05) is 31.6 Å². The van der Waals surface area contributed by atoms with Crippen molar-refractivity contribution in [3.05, 3.63) is 75.6 Å². The number of morpholine rings is 1. The van der Waals surface area contributed by atoms with Crippen molar-refractivity contribution in [2.75, 3.05) is 60.7 Å². The zero-order chi connectivity index (χ0) is 27.8. The van der Waals surface area contributed by atoms with Gasteiger partial charge < -0.3 is 28.3 Å². The minimum atomic E-state index is -0.673. The fourth-order valence-corrected chi connectivity index (χ4v) is 5.87. The standard InChI is InChI=1S/C31H32N2O7/c1-36-23-17-20(18-24(37-2)29(23)38-3)26-25-27(34)22-10-9-19-7-4-5-8-21(19)28(22)40-30(25)31(35)33(26)12-6-11-32-13-15-39-16-14-32/h4-5,7-10,17-18,26H,6,11-16H2,1-3H3. The van der Waals surface area contributed by atoms with Gasteiger partial charge in [0.15, 0.2) is 16.9 Å². The summed E-state index contributed by atoms with van der Waals surface area (Å²) in [5.74, 6) is 1.11. The summed E-state index contributed by atoms with van der Waals surface area (Å²) in [5, 5.41) is 2.17. The van der Waals surface area contributed by atoms with Crippen LogP contribution in [0.3, 0.4) is 0 Å². The average Bonchev–Trinajstić information content (AvgIpc) is 3.28. The zero-order valence-electron chi connectivity index (χ0n) is 22.9. The first-order chi connectivity index (χ1) is 19.5. The molecule has 2 aliphatic heterocycles. The van der Waals surface area contributed by atoms with Crippen LogP contribution in [-0.2, 0) is 4.74 Å². The lowest BCUT2D eigenvalue weighted by Gasteiger charge is -2.29. The van der Waals surface area contributed by atoms with Crippen molar-refractivity contribution in [1.82, 2.24) is 9.80 Å². The molecule has 1 fully saturated rings. The molecule has 0 bridgehead atoms. The van der Waals surface area contributed by atoms with Crippen molar-refractivity contribution in [2.24, 2.45) is 0 Å².